The Labute approximate surface area is 135 Å². The first-order valence-corrected chi connectivity index (χ1v) is 7.05. The fourth-order valence-corrected chi connectivity index (χ4v) is 2.36. The van der Waals surface area contributed by atoms with Gasteiger partial charge in [0.25, 0.3) is 5.56 Å². The maximum absolute atomic E-state index is 12.3. The van der Waals surface area contributed by atoms with Gasteiger partial charge >= 0.3 is 5.69 Å². The third-order valence-electron chi connectivity index (χ3n) is 3.32. The van der Waals surface area contributed by atoms with Crippen LogP contribution in [0.3, 0.4) is 0 Å². The van der Waals surface area contributed by atoms with Crippen molar-refractivity contribution in [2.24, 2.45) is 0 Å². The minimum absolute atomic E-state index is 0.270. The van der Waals surface area contributed by atoms with E-state index in [1.807, 2.05) is 0 Å². The summed E-state index contributed by atoms with van der Waals surface area (Å²) in [6, 6.07) is 8.52. The Kier molecular flexibility index (Phi) is 3.91. The minimum Gasteiger partial charge on any atom is -0.328 e. The molecular formula is C15H10ClN5O2. The summed E-state index contributed by atoms with van der Waals surface area (Å²) >= 11 is 5.76. The molecule has 3 heterocycles. The normalized spacial score (nSPS) is 10.6. The first-order chi connectivity index (χ1) is 11.1. The van der Waals surface area contributed by atoms with Crippen LogP contribution in [0.25, 0.3) is 11.4 Å². The Morgan fingerprint density at radius 2 is 2.09 bits per heavy atom. The molecule has 23 heavy (non-hydrogen) atoms. The molecule has 0 atom stereocenters. The zero-order chi connectivity index (χ0) is 16.4. The van der Waals surface area contributed by atoms with Crippen molar-refractivity contribution in [3.05, 3.63) is 68.2 Å². The Balaban J connectivity index is 2.12. The molecule has 0 aliphatic carbocycles. The van der Waals surface area contributed by atoms with Gasteiger partial charge in [-0.15, -0.1) is 0 Å². The number of hydrogen-bond donors (Lipinski definition) is 0. The standard InChI is InChI=1S/C15H10ClN5O2/c16-12-4-3-10(8-18-12)9-20-6-1-2-11-13(20)19-15(23)21(7-5-17)14(11)22/h1-4,6,8H,7,9H2. The topological polar surface area (TPSA) is 93.6 Å². The lowest BCUT2D eigenvalue weighted by atomic mass is 10.2. The minimum atomic E-state index is -0.738. The summed E-state index contributed by atoms with van der Waals surface area (Å²) in [7, 11) is 0. The summed E-state index contributed by atoms with van der Waals surface area (Å²) in [6.07, 6.45) is 3.33. The molecule has 114 valence electrons. The second kappa shape index (κ2) is 6.02. The van der Waals surface area contributed by atoms with E-state index >= 15 is 0 Å². The number of fused-ring (bicyclic) bond motifs is 1. The van der Waals surface area contributed by atoms with Crippen LogP contribution in [-0.4, -0.2) is 19.1 Å². The highest BCUT2D eigenvalue weighted by Crippen LogP contribution is 2.15. The van der Waals surface area contributed by atoms with Crippen LogP contribution in [0.5, 0.6) is 0 Å². The summed E-state index contributed by atoms with van der Waals surface area (Å²) in [5.74, 6) is 0.270. The highest BCUT2D eigenvalue weighted by atomic mass is 35.5. The second-order valence-electron chi connectivity index (χ2n) is 4.81. The Morgan fingerprint density at radius 3 is 2.78 bits per heavy atom. The molecule has 3 rings (SSSR count). The summed E-state index contributed by atoms with van der Waals surface area (Å²) in [6.45, 7) is 0.0618. The predicted molar refractivity (Wildman–Crippen MR) is 83.3 cm³/mol. The SMILES string of the molecule is N#CCn1c(=O)nc2n(Cc3ccc(Cl)nc3)cccc-2c1=O. The third kappa shape index (κ3) is 2.84. The highest BCUT2D eigenvalue weighted by molar-refractivity contribution is 6.29. The van der Waals surface area contributed by atoms with E-state index in [2.05, 4.69) is 9.97 Å². The van der Waals surface area contributed by atoms with Crippen LogP contribution in [0.15, 0.2) is 46.2 Å². The average molecular weight is 328 g/mol. The number of halogens is 1. The van der Waals surface area contributed by atoms with Gasteiger partial charge in [-0.05, 0) is 23.8 Å². The van der Waals surface area contributed by atoms with E-state index < -0.39 is 11.2 Å². The van der Waals surface area contributed by atoms with Gasteiger partial charge < -0.3 is 4.57 Å². The molecule has 0 radical (unpaired) electrons. The predicted octanol–water partition coefficient (Wildman–Crippen LogP) is 1.13. The summed E-state index contributed by atoms with van der Waals surface area (Å²) in [5.41, 5.74) is -0.130. The van der Waals surface area contributed by atoms with Crippen molar-refractivity contribution in [1.82, 2.24) is 19.1 Å². The van der Waals surface area contributed by atoms with Gasteiger partial charge in [0.05, 0.1) is 18.2 Å². The molecule has 0 amide bonds. The highest BCUT2D eigenvalue weighted by Gasteiger charge is 2.16. The number of pyridine rings is 2. The smallest absolute Gasteiger partial charge is 0.328 e. The van der Waals surface area contributed by atoms with Crippen molar-refractivity contribution in [3.63, 3.8) is 0 Å². The number of nitrogens with zero attached hydrogens (tertiary/aromatic N) is 5. The van der Waals surface area contributed by atoms with Crippen molar-refractivity contribution in [2.75, 3.05) is 0 Å². The van der Waals surface area contributed by atoms with Gasteiger partial charge in [0, 0.05) is 12.4 Å². The number of rotatable bonds is 3. The van der Waals surface area contributed by atoms with Crippen LogP contribution in [0.2, 0.25) is 5.15 Å². The lowest BCUT2D eigenvalue weighted by Crippen LogP contribution is -2.37. The Morgan fingerprint density at radius 1 is 1.26 bits per heavy atom. The van der Waals surface area contributed by atoms with Crippen LogP contribution in [0.4, 0.5) is 0 Å². The van der Waals surface area contributed by atoms with Crippen LogP contribution < -0.4 is 11.2 Å². The maximum Gasteiger partial charge on any atom is 0.353 e. The van der Waals surface area contributed by atoms with Crippen molar-refractivity contribution in [3.8, 4) is 17.5 Å². The summed E-state index contributed by atoms with van der Waals surface area (Å²) in [5, 5.41) is 9.10. The number of nitriles is 1. The first-order valence-electron chi connectivity index (χ1n) is 6.67. The molecule has 0 bridgehead atoms. The molecular weight excluding hydrogens is 318 g/mol. The van der Waals surface area contributed by atoms with E-state index in [9.17, 15) is 9.59 Å². The van der Waals surface area contributed by atoms with Gasteiger partial charge in [-0.1, -0.05) is 17.7 Å². The lowest BCUT2D eigenvalue weighted by molar-refractivity contribution is 0.693. The van der Waals surface area contributed by atoms with Gasteiger partial charge in [0.2, 0.25) is 0 Å². The van der Waals surface area contributed by atoms with Gasteiger partial charge in [0.15, 0.2) is 5.82 Å². The largest absolute Gasteiger partial charge is 0.353 e. The lowest BCUT2D eigenvalue weighted by Gasteiger charge is -2.14. The summed E-state index contributed by atoms with van der Waals surface area (Å²) in [4.78, 5) is 32.2. The zero-order valence-electron chi connectivity index (χ0n) is 11.8. The van der Waals surface area contributed by atoms with E-state index in [1.54, 1.807) is 47.3 Å². The van der Waals surface area contributed by atoms with Gasteiger partial charge in [-0.3, -0.25) is 4.79 Å². The van der Waals surface area contributed by atoms with Crippen LogP contribution in [-0.2, 0) is 13.1 Å². The van der Waals surface area contributed by atoms with Crippen molar-refractivity contribution in [1.29, 1.82) is 5.26 Å². The molecule has 0 spiro atoms. The number of aromatic nitrogens is 4. The van der Waals surface area contributed by atoms with E-state index in [0.717, 1.165) is 10.1 Å². The zero-order valence-corrected chi connectivity index (χ0v) is 12.6. The maximum atomic E-state index is 12.3. The summed E-state index contributed by atoms with van der Waals surface area (Å²) < 4.78 is 2.50. The molecule has 2 aliphatic heterocycles. The molecule has 0 N–H and O–H groups in total. The Bertz CT molecular complexity index is 985. The quantitative estimate of drug-likeness (QED) is 0.672. The van der Waals surface area contributed by atoms with E-state index in [-0.39, 0.29) is 17.9 Å². The van der Waals surface area contributed by atoms with Crippen molar-refractivity contribution < 1.29 is 0 Å². The fourth-order valence-electron chi connectivity index (χ4n) is 2.25. The molecule has 1 aromatic rings. The van der Waals surface area contributed by atoms with Gasteiger partial charge in [-0.2, -0.15) is 10.2 Å². The van der Waals surface area contributed by atoms with Crippen LogP contribution in [0.1, 0.15) is 5.56 Å². The molecule has 0 saturated heterocycles. The van der Waals surface area contributed by atoms with Gasteiger partial charge in [-0.25, -0.2) is 14.3 Å². The molecule has 0 aromatic carbocycles. The Hall–Kier alpha value is -2.98. The fraction of sp³-hybridized carbons (Fsp3) is 0.133. The molecule has 7 nitrogen and oxygen atoms in total. The molecule has 8 heteroatoms. The molecule has 0 saturated carbocycles. The van der Waals surface area contributed by atoms with E-state index in [0.29, 0.717) is 11.7 Å². The third-order valence-corrected chi connectivity index (χ3v) is 3.54. The van der Waals surface area contributed by atoms with Crippen LogP contribution in [0, 0.1) is 11.3 Å². The average Bonchev–Trinajstić information content (AvgIpc) is 2.54. The van der Waals surface area contributed by atoms with Crippen LogP contribution >= 0.6 is 11.6 Å². The van der Waals surface area contributed by atoms with E-state index in [4.69, 9.17) is 16.9 Å². The monoisotopic (exact) mass is 327 g/mol. The first kappa shape index (κ1) is 14.9. The second-order valence-corrected chi connectivity index (χ2v) is 5.19. The van der Waals surface area contributed by atoms with E-state index in [1.165, 1.54) is 0 Å². The molecule has 2 aliphatic rings. The molecule has 0 unspecified atom stereocenters. The van der Waals surface area contributed by atoms with Crippen molar-refractivity contribution in [2.45, 2.75) is 13.1 Å². The van der Waals surface area contributed by atoms with Gasteiger partial charge in [0.1, 0.15) is 11.7 Å². The molecule has 0 fully saturated rings. The number of hydrogen-bond acceptors (Lipinski definition) is 5. The molecule has 1 aromatic heterocycles. The van der Waals surface area contributed by atoms with Crippen molar-refractivity contribution >= 4 is 11.6 Å².